The van der Waals surface area contributed by atoms with Gasteiger partial charge in [0.2, 0.25) is 5.16 Å². The lowest BCUT2D eigenvalue weighted by molar-refractivity contribution is -0.140. The summed E-state index contributed by atoms with van der Waals surface area (Å²) in [6.45, 7) is 0. The van der Waals surface area contributed by atoms with Crippen LogP contribution in [0.3, 0.4) is 0 Å². The van der Waals surface area contributed by atoms with Gasteiger partial charge in [-0.2, -0.15) is 0 Å². The van der Waals surface area contributed by atoms with Crippen molar-refractivity contribution in [1.82, 2.24) is 14.9 Å². The van der Waals surface area contributed by atoms with Crippen molar-refractivity contribution in [3.05, 3.63) is 6.33 Å². The molecule has 7 heteroatoms. The smallest absolute Gasteiger partial charge is 0.306 e. The Hall–Kier alpha value is -1.24. The first-order chi connectivity index (χ1) is 6.24. The first-order valence-corrected chi connectivity index (χ1v) is 4.57. The second kappa shape index (κ2) is 4.70. The number of nitrogen functional groups attached to an aromatic ring is 1. The van der Waals surface area contributed by atoms with Crippen LogP contribution in [0.25, 0.3) is 0 Å². The number of carbonyl (C=O) groups excluding carboxylic acids is 1. The zero-order valence-electron chi connectivity index (χ0n) is 7.14. The molecule has 2 N–H and O–H groups in total. The molecule has 0 radical (unpaired) electrons. The van der Waals surface area contributed by atoms with Crippen LogP contribution in [-0.4, -0.2) is 33.7 Å². The molecule has 6 nitrogen and oxygen atoms in total. The molecule has 0 unspecified atom stereocenters. The van der Waals surface area contributed by atoms with Gasteiger partial charge in [0.05, 0.1) is 13.5 Å². The van der Waals surface area contributed by atoms with E-state index >= 15 is 0 Å². The van der Waals surface area contributed by atoms with Crippen LogP contribution in [0.5, 0.6) is 0 Å². The Morgan fingerprint density at radius 1 is 1.85 bits per heavy atom. The van der Waals surface area contributed by atoms with Gasteiger partial charge in [0.1, 0.15) is 6.33 Å². The molecule has 0 aliphatic rings. The highest BCUT2D eigenvalue weighted by Gasteiger charge is 2.04. The Labute approximate surface area is 79.4 Å². The quantitative estimate of drug-likeness (QED) is 0.408. The Balaban J connectivity index is 2.28. The van der Waals surface area contributed by atoms with Gasteiger partial charge in [0.25, 0.3) is 0 Å². The van der Waals surface area contributed by atoms with Gasteiger partial charge < -0.3 is 10.6 Å². The van der Waals surface area contributed by atoms with Crippen molar-refractivity contribution in [1.29, 1.82) is 0 Å². The number of esters is 1. The standard InChI is InChI=1S/C6H10N4O2S/c1-12-5(11)2-3-13-6-9-8-4-10(6)7/h4H,2-3,7H2,1H3. The van der Waals surface area contributed by atoms with E-state index in [0.717, 1.165) is 0 Å². The van der Waals surface area contributed by atoms with Gasteiger partial charge in [-0.3, -0.25) is 4.79 Å². The molecule has 0 aromatic carbocycles. The molecule has 13 heavy (non-hydrogen) atoms. The number of ether oxygens (including phenoxy) is 1. The maximum Gasteiger partial charge on any atom is 0.306 e. The molecular formula is C6H10N4O2S. The van der Waals surface area contributed by atoms with Gasteiger partial charge in [0, 0.05) is 5.75 Å². The first-order valence-electron chi connectivity index (χ1n) is 3.58. The second-order valence-corrected chi connectivity index (χ2v) is 3.26. The lowest BCUT2D eigenvalue weighted by Crippen LogP contribution is -2.08. The summed E-state index contributed by atoms with van der Waals surface area (Å²) >= 11 is 1.36. The molecule has 0 atom stereocenters. The lowest BCUT2D eigenvalue weighted by Gasteiger charge is -1.98. The number of aromatic nitrogens is 3. The maximum atomic E-state index is 10.7. The van der Waals surface area contributed by atoms with E-state index in [4.69, 9.17) is 5.84 Å². The number of nitrogens with zero attached hydrogens (tertiary/aromatic N) is 3. The van der Waals surface area contributed by atoms with Gasteiger partial charge in [-0.1, -0.05) is 11.8 Å². The third-order valence-corrected chi connectivity index (χ3v) is 2.26. The Kier molecular flexibility index (Phi) is 3.56. The average Bonchev–Trinajstić information content (AvgIpc) is 2.52. The van der Waals surface area contributed by atoms with Crippen LogP contribution >= 0.6 is 11.8 Å². The Bertz CT molecular complexity index is 288. The maximum absolute atomic E-state index is 10.7. The zero-order chi connectivity index (χ0) is 9.68. The summed E-state index contributed by atoms with van der Waals surface area (Å²) in [5, 5.41) is 7.91. The molecule has 1 aromatic rings. The second-order valence-electron chi connectivity index (χ2n) is 2.20. The molecule has 0 fully saturated rings. The fourth-order valence-corrected chi connectivity index (χ4v) is 1.42. The average molecular weight is 202 g/mol. The van der Waals surface area contributed by atoms with Crippen LogP contribution < -0.4 is 5.84 Å². The normalized spacial score (nSPS) is 9.92. The topological polar surface area (TPSA) is 83.0 Å². The van der Waals surface area contributed by atoms with Gasteiger partial charge in [-0.05, 0) is 0 Å². The molecule has 0 spiro atoms. The molecule has 1 aromatic heterocycles. The first kappa shape index (κ1) is 9.85. The molecule has 0 saturated carbocycles. The molecular weight excluding hydrogens is 192 g/mol. The highest BCUT2D eigenvalue weighted by molar-refractivity contribution is 7.99. The van der Waals surface area contributed by atoms with Crippen LogP contribution in [0.15, 0.2) is 11.5 Å². The third-order valence-electron chi connectivity index (χ3n) is 1.31. The molecule has 0 bridgehead atoms. The van der Waals surface area contributed by atoms with E-state index in [2.05, 4.69) is 14.9 Å². The van der Waals surface area contributed by atoms with Crippen molar-refractivity contribution < 1.29 is 9.53 Å². The molecule has 0 aliphatic carbocycles. The number of hydrogen-bond donors (Lipinski definition) is 1. The SMILES string of the molecule is COC(=O)CCSc1nncn1N. The number of carbonyl (C=O) groups is 1. The molecule has 72 valence electrons. The van der Waals surface area contributed by atoms with Crippen LogP contribution in [0, 0.1) is 0 Å². The van der Waals surface area contributed by atoms with Crippen molar-refractivity contribution in [2.45, 2.75) is 11.6 Å². The fourth-order valence-electron chi connectivity index (χ4n) is 0.663. The highest BCUT2D eigenvalue weighted by atomic mass is 32.2. The van der Waals surface area contributed by atoms with E-state index in [-0.39, 0.29) is 5.97 Å². The summed E-state index contributed by atoms with van der Waals surface area (Å²) in [5.74, 6) is 5.79. The molecule has 0 aliphatic heterocycles. The van der Waals surface area contributed by atoms with E-state index in [9.17, 15) is 4.79 Å². The van der Waals surface area contributed by atoms with E-state index in [0.29, 0.717) is 17.3 Å². The summed E-state index contributed by atoms with van der Waals surface area (Å²) in [4.78, 5) is 10.7. The Morgan fingerprint density at radius 2 is 2.62 bits per heavy atom. The third kappa shape index (κ3) is 2.94. The monoisotopic (exact) mass is 202 g/mol. The van der Waals surface area contributed by atoms with Crippen molar-refractivity contribution in [2.75, 3.05) is 18.7 Å². The van der Waals surface area contributed by atoms with Gasteiger partial charge >= 0.3 is 5.97 Å². The Morgan fingerprint density at radius 3 is 3.15 bits per heavy atom. The molecule has 0 amide bonds. The van der Waals surface area contributed by atoms with E-state index in [1.807, 2.05) is 0 Å². The molecule has 1 heterocycles. The van der Waals surface area contributed by atoms with Crippen LogP contribution in [-0.2, 0) is 9.53 Å². The van der Waals surface area contributed by atoms with Gasteiger partial charge in [-0.25, -0.2) is 4.68 Å². The highest BCUT2D eigenvalue weighted by Crippen LogP contribution is 2.13. The largest absolute Gasteiger partial charge is 0.469 e. The van der Waals surface area contributed by atoms with Crippen molar-refractivity contribution in [2.24, 2.45) is 0 Å². The van der Waals surface area contributed by atoms with Crippen molar-refractivity contribution in [3.8, 4) is 0 Å². The zero-order valence-corrected chi connectivity index (χ0v) is 7.95. The van der Waals surface area contributed by atoms with Crippen LogP contribution in [0.4, 0.5) is 0 Å². The van der Waals surface area contributed by atoms with Crippen LogP contribution in [0.1, 0.15) is 6.42 Å². The lowest BCUT2D eigenvalue weighted by atomic mass is 10.5. The predicted molar refractivity (Wildman–Crippen MR) is 47.5 cm³/mol. The minimum Gasteiger partial charge on any atom is -0.469 e. The summed E-state index contributed by atoms with van der Waals surface area (Å²) in [5.41, 5.74) is 0. The number of methoxy groups -OCH3 is 1. The number of nitrogens with two attached hydrogens (primary N) is 1. The number of hydrogen-bond acceptors (Lipinski definition) is 6. The molecule has 0 saturated heterocycles. The number of rotatable bonds is 4. The molecule has 1 rings (SSSR count). The van der Waals surface area contributed by atoms with Crippen molar-refractivity contribution in [3.63, 3.8) is 0 Å². The summed E-state index contributed by atoms with van der Waals surface area (Å²) in [6.07, 6.45) is 1.74. The van der Waals surface area contributed by atoms with Gasteiger partial charge in [-0.15, -0.1) is 10.2 Å². The van der Waals surface area contributed by atoms with Crippen LogP contribution in [0.2, 0.25) is 0 Å². The summed E-state index contributed by atoms with van der Waals surface area (Å²) in [6, 6.07) is 0. The van der Waals surface area contributed by atoms with Crippen molar-refractivity contribution >= 4 is 17.7 Å². The van der Waals surface area contributed by atoms with E-state index < -0.39 is 0 Å². The van der Waals surface area contributed by atoms with Gasteiger partial charge in [0.15, 0.2) is 0 Å². The minimum absolute atomic E-state index is 0.240. The fraction of sp³-hybridized carbons (Fsp3) is 0.500. The van der Waals surface area contributed by atoms with E-state index in [1.54, 1.807) is 0 Å². The predicted octanol–water partition coefficient (Wildman–Crippen LogP) is -0.353. The van der Waals surface area contributed by atoms with E-state index in [1.165, 1.54) is 29.9 Å². The minimum atomic E-state index is -0.240. The summed E-state index contributed by atoms with van der Waals surface area (Å²) < 4.78 is 5.78. The number of thioether (sulfide) groups is 1. The summed E-state index contributed by atoms with van der Waals surface area (Å²) in [7, 11) is 1.36.